The van der Waals surface area contributed by atoms with Crippen molar-refractivity contribution in [2.24, 2.45) is 5.92 Å². The number of hydrogen-bond donors (Lipinski definition) is 2. The van der Waals surface area contributed by atoms with Crippen LogP contribution in [-0.4, -0.2) is 44.8 Å². The summed E-state index contributed by atoms with van der Waals surface area (Å²) in [6.07, 6.45) is 1.47. The minimum absolute atomic E-state index is 0.0127. The summed E-state index contributed by atoms with van der Waals surface area (Å²) in [5.74, 6) is -0.568. The Hall–Kier alpha value is -2.42. The lowest BCUT2D eigenvalue weighted by molar-refractivity contribution is -0.134. The summed E-state index contributed by atoms with van der Waals surface area (Å²) < 4.78 is 27.0. The number of nitrogens with one attached hydrogen (secondary N) is 2. The van der Waals surface area contributed by atoms with E-state index in [4.69, 9.17) is 11.6 Å². The highest BCUT2D eigenvalue weighted by atomic mass is 35.5. The molecule has 1 fully saturated rings. The first-order chi connectivity index (χ1) is 14.3. The van der Waals surface area contributed by atoms with Crippen molar-refractivity contribution in [3.05, 3.63) is 59.6 Å². The summed E-state index contributed by atoms with van der Waals surface area (Å²) in [7, 11) is -3.71. The minimum atomic E-state index is -3.71. The van der Waals surface area contributed by atoms with Crippen molar-refractivity contribution >= 4 is 39.1 Å². The number of halogens is 1. The number of sulfonamides is 1. The zero-order valence-electron chi connectivity index (χ0n) is 16.4. The van der Waals surface area contributed by atoms with E-state index in [0.29, 0.717) is 24.5 Å². The van der Waals surface area contributed by atoms with Gasteiger partial charge in [0.15, 0.2) is 0 Å². The molecule has 160 valence electrons. The molecule has 0 aliphatic carbocycles. The topological polar surface area (TPSA) is 95.6 Å². The Morgan fingerprint density at radius 3 is 2.47 bits per heavy atom. The Labute approximate surface area is 181 Å². The van der Waals surface area contributed by atoms with Gasteiger partial charge in [-0.05, 0) is 49.2 Å². The molecule has 1 atom stereocenters. The number of benzene rings is 2. The number of anilines is 1. The maximum Gasteiger partial charge on any atom is 0.240 e. The molecule has 7 nitrogen and oxygen atoms in total. The lowest BCUT2D eigenvalue weighted by Gasteiger charge is -2.32. The molecule has 2 aromatic rings. The molecule has 9 heteroatoms. The van der Waals surface area contributed by atoms with Crippen molar-refractivity contribution in [3.63, 3.8) is 0 Å². The molecule has 0 radical (unpaired) electrons. The highest BCUT2D eigenvalue weighted by Gasteiger charge is 2.28. The molecule has 30 heavy (non-hydrogen) atoms. The Kier molecular flexibility index (Phi) is 7.47. The molecule has 3 rings (SSSR count). The monoisotopic (exact) mass is 449 g/mol. The summed E-state index contributed by atoms with van der Waals surface area (Å²) in [6.45, 7) is 0.889. The van der Waals surface area contributed by atoms with E-state index in [1.165, 1.54) is 24.3 Å². The largest absolute Gasteiger partial charge is 0.342 e. The van der Waals surface area contributed by atoms with Crippen molar-refractivity contribution in [3.8, 4) is 0 Å². The Morgan fingerprint density at radius 2 is 1.77 bits per heavy atom. The van der Waals surface area contributed by atoms with Crippen LogP contribution in [0.15, 0.2) is 59.5 Å². The molecule has 1 unspecified atom stereocenters. The molecule has 1 aliphatic rings. The molecule has 0 spiro atoms. The van der Waals surface area contributed by atoms with Gasteiger partial charge < -0.3 is 10.2 Å². The maximum atomic E-state index is 12.5. The molecule has 2 N–H and O–H groups in total. The van der Waals surface area contributed by atoms with Gasteiger partial charge in [0.05, 0.1) is 10.8 Å². The quantitative estimate of drug-likeness (QED) is 0.679. The molecule has 1 heterocycles. The Bertz CT molecular complexity index is 981. The summed E-state index contributed by atoms with van der Waals surface area (Å²) in [5.41, 5.74) is 0.725. The van der Waals surface area contributed by atoms with Gasteiger partial charge in [0.2, 0.25) is 21.8 Å². The summed E-state index contributed by atoms with van der Waals surface area (Å²) >= 11 is 5.78. The predicted octanol–water partition coefficient (Wildman–Crippen LogP) is 2.89. The number of nitrogens with zero attached hydrogens (tertiary/aromatic N) is 1. The normalized spacial score (nSPS) is 16.8. The molecule has 0 saturated carbocycles. The van der Waals surface area contributed by atoms with Crippen molar-refractivity contribution in [1.82, 2.24) is 9.62 Å². The Morgan fingerprint density at radius 1 is 1.07 bits per heavy atom. The standard InChI is InChI=1S/C21H24ClN3O4S/c22-17-8-10-19(11-9-17)30(28,29)23-13-12-20(26)25-14-4-5-16(15-25)21(27)24-18-6-2-1-3-7-18/h1-3,6-11,16,23H,4-5,12-15H2,(H,24,27). The van der Waals surface area contributed by atoms with Crippen molar-refractivity contribution in [2.45, 2.75) is 24.2 Å². The van der Waals surface area contributed by atoms with Crippen LogP contribution in [0.4, 0.5) is 5.69 Å². The number of carbonyl (C=O) groups is 2. The van der Waals surface area contributed by atoms with E-state index in [0.717, 1.165) is 12.1 Å². The SMILES string of the molecule is O=C(Nc1ccccc1)C1CCCN(C(=O)CCNS(=O)(=O)c2ccc(Cl)cc2)C1. The average Bonchev–Trinajstić information content (AvgIpc) is 2.74. The van der Waals surface area contributed by atoms with Gasteiger partial charge in [0.1, 0.15) is 0 Å². The molecular weight excluding hydrogens is 426 g/mol. The van der Waals surface area contributed by atoms with Crippen molar-refractivity contribution in [2.75, 3.05) is 25.0 Å². The average molecular weight is 450 g/mol. The fraction of sp³-hybridized carbons (Fsp3) is 0.333. The lowest BCUT2D eigenvalue weighted by atomic mass is 9.96. The fourth-order valence-electron chi connectivity index (χ4n) is 3.33. The van der Waals surface area contributed by atoms with Crippen LogP contribution in [0.2, 0.25) is 5.02 Å². The second kappa shape index (κ2) is 10.1. The highest BCUT2D eigenvalue weighted by Crippen LogP contribution is 2.20. The predicted molar refractivity (Wildman–Crippen MR) is 116 cm³/mol. The van der Waals surface area contributed by atoms with Crippen LogP contribution < -0.4 is 10.0 Å². The van der Waals surface area contributed by atoms with Gasteiger partial charge in [-0.3, -0.25) is 9.59 Å². The van der Waals surface area contributed by atoms with Crippen LogP contribution in [0, 0.1) is 5.92 Å². The zero-order chi connectivity index (χ0) is 21.6. The molecule has 1 aliphatic heterocycles. The molecule has 0 aromatic heterocycles. The zero-order valence-corrected chi connectivity index (χ0v) is 18.0. The number of likely N-dealkylation sites (tertiary alicyclic amines) is 1. The first-order valence-electron chi connectivity index (χ1n) is 9.74. The van der Waals surface area contributed by atoms with E-state index < -0.39 is 10.0 Å². The number of para-hydroxylation sites is 1. The lowest BCUT2D eigenvalue weighted by Crippen LogP contribution is -2.44. The summed E-state index contributed by atoms with van der Waals surface area (Å²) in [4.78, 5) is 26.8. The molecular formula is C21H24ClN3O4S. The van der Waals surface area contributed by atoms with Gasteiger partial charge in [-0.2, -0.15) is 0 Å². The smallest absolute Gasteiger partial charge is 0.240 e. The highest BCUT2D eigenvalue weighted by molar-refractivity contribution is 7.89. The van der Waals surface area contributed by atoms with E-state index in [1.54, 1.807) is 4.90 Å². The van der Waals surface area contributed by atoms with Crippen LogP contribution in [0.1, 0.15) is 19.3 Å². The van der Waals surface area contributed by atoms with Gasteiger partial charge in [0.25, 0.3) is 0 Å². The first-order valence-corrected chi connectivity index (χ1v) is 11.6. The first kappa shape index (κ1) is 22.3. The van der Waals surface area contributed by atoms with Gasteiger partial charge in [-0.1, -0.05) is 29.8 Å². The third kappa shape index (κ3) is 6.04. The number of hydrogen-bond acceptors (Lipinski definition) is 4. The van der Waals surface area contributed by atoms with Crippen LogP contribution in [0.3, 0.4) is 0 Å². The van der Waals surface area contributed by atoms with E-state index in [9.17, 15) is 18.0 Å². The Balaban J connectivity index is 1.49. The van der Waals surface area contributed by atoms with Crippen LogP contribution in [0.5, 0.6) is 0 Å². The minimum Gasteiger partial charge on any atom is -0.342 e. The molecule has 0 bridgehead atoms. The van der Waals surface area contributed by atoms with Gasteiger partial charge >= 0.3 is 0 Å². The summed E-state index contributed by atoms with van der Waals surface area (Å²) in [5, 5.41) is 3.32. The van der Waals surface area contributed by atoms with Crippen LogP contribution in [0.25, 0.3) is 0 Å². The van der Waals surface area contributed by atoms with E-state index >= 15 is 0 Å². The second-order valence-electron chi connectivity index (χ2n) is 7.14. The molecule has 2 amide bonds. The van der Waals surface area contributed by atoms with Crippen LogP contribution >= 0.6 is 11.6 Å². The number of amides is 2. The second-order valence-corrected chi connectivity index (χ2v) is 9.34. The third-order valence-electron chi connectivity index (χ3n) is 4.94. The third-order valence-corrected chi connectivity index (χ3v) is 6.67. The van der Waals surface area contributed by atoms with E-state index in [1.807, 2.05) is 30.3 Å². The molecule has 1 saturated heterocycles. The van der Waals surface area contributed by atoms with Crippen LogP contribution in [-0.2, 0) is 19.6 Å². The van der Waals surface area contributed by atoms with E-state index in [-0.39, 0.29) is 35.6 Å². The molecule has 2 aromatic carbocycles. The number of rotatable bonds is 7. The van der Waals surface area contributed by atoms with Gasteiger partial charge in [-0.25, -0.2) is 13.1 Å². The maximum absolute atomic E-state index is 12.5. The van der Waals surface area contributed by atoms with Gasteiger partial charge in [0, 0.05) is 36.8 Å². The summed E-state index contributed by atoms with van der Waals surface area (Å²) in [6, 6.07) is 15.0. The van der Waals surface area contributed by atoms with Crippen molar-refractivity contribution < 1.29 is 18.0 Å². The van der Waals surface area contributed by atoms with E-state index in [2.05, 4.69) is 10.0 Å². The van der Waals surface area contributed by atoms with Gasteiger partial charge in [-0.15, -0.1) is 0 Å². The van der Waals surface area contributed by atoms with Crippen molar-refractivity contribution in [1.29, 1.82) is 0 Å². The number of piperidine rings is 1. The number of carbonyl (C=O) groups excluding carboxylic acids is 2. The fourth-order valence-corrected chi connectivity index (χ4v) is 4.49.